The summed E-state index contributed by atoms with van der Waals surface area (Å²) in [5.41, 5.74) is 7.84. The molecule has 19 heavy (non-hydrogen) atoms. The van der Waals surface area contributed by atoms with E-state index in [9.17, 15) is 0 Å². The molecular formula is C12H16IN5O. The second-order valence-electron chi connectivity index (χ2n) is 3.92. The van der Waals surface area contributed by atoms with Crippen LogP contribution < -0.4 is 11.1 Å². The van der Waals surface area contributed by atoms with Gasteiger partial charge in [-0.2, -0.15) is 4.98 Å². The van der Waals surface area contributed by atoms with Crippen LogP contribution in [0.3, 0.4) is 0 Å². The fraction of sp³-hybridized carbons (Fsp3) is 0.250. The molecule has 0 aliphatic carbocycles. The lowest BCUT2D eigenvalue weighted by Gasteiger charge is -2.04. The molecule has 0 amide bonds. The average Bonchev–Trinajstić information content (AvgIpc) is 2.76. The molecule has 0 radical (unpaired) electrons. The van der Waals surface area contributed by atoms with E-state index >= 15 is 0 Å². The fourth-order valence-electron chi connectivity index (χ4n) is 1.39. The van der Waals surface area contributed by atoms with Crippen LogP contribution in [-0.2, 0) is 6.54 Å². The van der Waals surface area contributed by atoms with Crippen molar-refractivity contribution >= 4 is 35.6 Å². The molecule has 0 unspecified atom stereocenters. The lowest BCUT2D eigenvalue weighted by molar-refractivity contribution is 0.387. The first-order valence-corrected chi connectivity index (χ1v) is 5.56. The molecule has 102 valence electrons. The first kappa shape index (κ1) is 15.4. The molecule has 1 aromatic heterocycles. The number of nitrogens with two attached hydrogens (primary N) is 1. The van der Waals surface area contributed by atoms with Gasteiger partial charge in [-0.25, -0.2) is 4.99 Å². The molecule has 3 N–H and O–H groups in total. The van der Waals surface area contributed by atoms with Gasteiger partial charge < -0.3 is 15.6 Å². The summed E-state index contributed by atoms with van der Waals surface area (Å²) in [6.07, 6.45) is 0. The van der Waals surface area contributed by atoms with Gasteiger partial charge >= 0.3 is 0 Å². The van der Waals surface area contributed by atoms with Gasteiger partial charge in [0.15, 0.2) is 11.8 Å². The first-order chi connectivity index (χ1) is 8.63. The van der Waals surface area contributed by atoms with E-state index in [-0.39, 0.29) is 24.0 Å². The Bertz CT molecular complexity index is 550. The monoisotopic (exact) mass is 373 g/mol. The Balaban J connectivity index is 0.00000180. The minimum absolute atomic E-state index is 0. The van der Waals surface area contributed by atoms with Gasteiger partial charge in [0.05, 0.1) is 0 Å². The molecule has 0 saturated heterocycles. The molecule has 2 rings (SSSR count). The number of guanidine groups is 1. The summed E-state index contributed by atoms with van der Waals surface area (Å²) < 4.78 is 4.84. The third kappa shape index (κ3) is 4.86. The first-order valence-electron chi connectivity index (χ1n) is 5.56. The van der Waals surface area contributed by atoms with Crippen LogP contribution in [0, 0.1) is 13.8 Å². The van der Waals surface area contributed by atoms with E-state index in [2.05, 4.69) is 20.4 Å². The Kier molecular flexibility index (Phi) is 5.74. The van der Waals surface area contributed by atoms with Crippen LogP contribution in [0.2, 0.25) is 0 Å². The van der Waals surface area contributed by atoms with Gasteiger partial charge in [-0.1, -0.05) is 22.9 Å². The normalized spacial score (nSPS) is 10.9. The largest absolute Gasteiger partial charge is 0.370 e. The summed E-state index contributed by atoms with van der Waals surface area (Å²) in [6, 6.07) is 7.88. The lowest BCUT2D eigenvalue weighted by atomic mass is 10.2. The number of aryl methyl sites for hydroxylation is 2. The summed E-state index contributed by atoms with van der Waals surface area (Å²) in [4.78, 5) is 8.16. The van der Waals surface area contributed by atoms with Gasteiger partial charge in [0.1, 0.15) is 6.54 Å². The minimum Gasteiger partial charge on any atom is -0.370 e. The number of hydrogen-bond acceptors (Lipinski definition) is 4. The number of halogens is 1. The van der Waals surface area contributed by atoms with Crippen LogP contribution in [0.5, 0.6) is 0 Å². The molecule has 7 heteroatoms. The van der Waals surface area contributed by atoms with E-state index in [1.165, 1.54) is 5.56 Å². The highest BCUT2D eigenvalue weighted by Crippen LogP contribution is 2.08. The Morgan fingerprint density at radius 2 is 2.00 bits per heavy atom. The third-order valence-electron chi connectivity index (χ3n) is 2.28. The summed E-state index contributed by atoms with van der Waals surface area (Å²) in [7, 11) is 0. The highest BCUT2D eigenvalue weighted by molar-refractivity contribution is 14.0. The number of rotatable bonds is 3. The van der Waals surface area contributed by atoms with E-state index in [0.717, 1.165) is 5.69 Å². The van der Waals surface area contributed by atoms with Gasteiger partial charge in [0, 0.05) is 12.6 Å². The van der Waals surface area contributed by atoms with Crippen molar-refractivity contribution in [3.05, 3.63) is 41.5 Å². The topological polar surface area (TPSA) is 89.3 Å². The lowest BCUT2D eigenvalue weighted by Crippen LogP contribution is -2.22. The molecule has 1 aromatic carbocycles. The van der Waals surface area contributed by atoms with Crippen LogP contribution in [0.4, 0.5) is 5.69 Å². The molecule has 0 fully saturated rings. The summed E-state index contributed by atoms with van der Waals surface area (Å²) in [5, 5.41) is 6.72. The minimum atomic E-state index is 0. The predicted octanol–water partition coefficient (Wildman–Crippen LogP) is 2.23. The van der Waals surface area contributed by atoms with Gasteiger partial charge in [-0.3, -0.25) is 0 Å². The predicted molar refractivity (Wildman–Crippen MR) is 84.6 cm³/mol. The van der Waals surface area contributed by atoms with Gasteiger partial charge in [-0.15, -0.1) is 24.0 Å². The number of benzene rings is 1. The van der Waals surface area contributed by atoms with Crippen LogP contribution in [0.25, 0.3) is 0 Å². The second kappa shape index (κ2) is 7.07. The van der Waals surface area contributed by atoms with E-state index in [4.69, 9.17) is 10.3 Å². The summed E-state index contributed by atoms with van der Waals surface area (Å²) in [6.45, 7) is 4.05. The maximum atomic E-state index is 5.75. The van der Waals surface area contributed by atoms with Gasteiger partial charge in [-0.05, 0) is 19.1 Å². The van der Waals surface area contributed by atoms with Crippen molar-refractivity contribution in [3.8, 4) is 0 Å². The zero-order valence-electron chi connectivity index (χ0n) is 10.8. The molecule has 2 aromatic rings. The van der Waals surface area contributed by atoms with Crippen molar-refractivity contribution in [3.63, 3.8) is 0 Å². The number of anilines is 1. The van der Waals surface area contributed by atoms with Crippen molar-refractivity contribution in [1.29, 1.82) is 0 Å². The van der Waals surface area contributed by atoms with Crippen molar-refractivity contribution in [2.75, 3.05) is 5.32 Å². The number of aliphatic imine (C=N–C) groups is 1. The van der Waals surface area contributed by atoms with Crippen molar-refractivity contribution in [1.82, 2.24) is 10.1 Å². The van der Waals surface area contributed by atoms with E-state index in [0.29, 0.717) is 24.2 Å². The van der Waals surface area contributed by atoms with Gasteiger partial charge in [0.25, 0.3) is 0 Å². The molecule has 6 nitrogen and oxygen atoms in total. The van der Waals surface area contributed by atoms with Crippen molar-refractivity contribution in [2.24, 2.45) is 10.7 Å². The molecule has 0 aliphatic heterocycles. The molecule has 1 heterocycles. The van der Waals surface area contributed by atoms with E-state index in [1.54, 1.807) is 6.92 Å². The van der Waals surface area contributed by atoms with Crippen LogP contribution in [0.1, 0.15) is 17.3 Å². The maximum absolute atomic E-state index is 5.75. The van der Waals surface area contributed by atoms with Crippen LogP contribution in [0.15, 0.2) is 33.8 Å². The summed E-state index contributed by atoms with van der Waals surface area (Å²) >= 11 is 0. The molecule has 0 aliphatic rings. The molecule has 0 bridgehead atoms. The Labute approximate surface area is 128 Å². The SMILES string of the molecule is Cc1ccc(NC(N)=NCc2noc(C)n2)cc1.I. The fourth-order valence-corrected chi connectivity index (χ4v) is 1.39. The van der Waals surface area contributed by atoms with Crippen LogP contribution >= 0.6 is 24.0 Å². The third-order valence-corrected chi connectivity index (χ3v) is 2.28. The number of nitrogens with one attached hydrogen (secondary N) is 1. The molecular weight excluding hydrogens is 357 g/mol. The Morgan fingerprint density at radius 3 is 2.58 bits per heavy atom. The maximum Gasteiger partial charge on any atom is 0.223 e. The van der Waals surface area contributed by atoms with Crippen molar-refractivity contribution in [2.45, 2.75) is 20.4 Å². The van der Waals surface area contributed by atoms with E-state index < -0.39 is 0 Å². The quantitative estimate of drug-likeness (QED) is 0.489. The smallest absolute Gasteiger partial charge is 0.223 e. The number of nitrogens with zero attached hydrogens (tertiary/aromatic N) is 3. The standard InChI is InChI=1S/C12H15N5O.HI/c1-8-3-5-10(6-4-8)16-12(13)14-7-11-15-9(2)18-17-11;/h3-6H,7H2,1-2H3,(H3,13,14,16);1H. The zero-order valence-corrected chi connectivity index (χ0v) is 13.1. The average molecular weight is 373 g/mol. The number of aromatic nitrogens is 2. The van der Waals surface area contributed by atoms with Crippen molar-refractivity contribution < 1.29 is 4.52 Å². The molecule has 0 atom stereocenters. The summed E-state index contributed by atoms with van der Waals surface area (Å²) in [5.74, 6) is 1.35. The van der Waals surface area contributed by atoms with Gasteiger partial charge in [0.2, 0.25) is 5.89 Å². The Morgan fingerprint density at radius 1 is 1.32 bits per heavy atom. The molecule has 0 spiro atoms. The van der Waals surface area contributed by atoms with E-state index in [1.807, 2.05) is 31.2 Å². The van der Waals surface area contributed by atoms with Crippen LogP contribution in [-0.4, -0.2) is 16.1 Å². The highest BCUT2D eigenvalue weighted by Gasteiger charge is 2.01. The zero-order chi connectivity index (χ0) is 13.0. The number of hydrogen-bond donors (Lipinski definition) is 2. The highest BCUT2D eigenvalue weighted by atomic mass is 127. The molecule has 0 saturated carbocycles. The second-order valence-corrected chi connectivity index (χ2v) is 3.92. The Hall–Kier alpha value is -1.64.